The summed E-state index contributed by atoms with van der Waals surface area (Å²) in [6.07, 6.45) is 0. The van der Waals surface area contributed by atoms with Crippen LogP contribution < -0.4 is 10.6 Å². The highest BCUT2D eigenvalue weighted by molar-refractivity contribution is 5.86. The van der Waals surface area contributed by atoms with E-state index in [1.165, 1.54) is 0 Å². The number of hydrogen-bond acceptors (Lipinski definition) is 4. The van der Waals surface area contributed by atoms with Gasteiger partial charge in [0.1, 0.15) is 6.04 Å². The molecule has 2 heterocycles. The average Bonchev–Trinajstić information content (AvgIpc) is 2.35. The lowest BCUT2D eigenvalue weighted by atomic mass is 10.1. The van der Waals surface area contributed by atoms with E-state index in [0.717, 1.165) is 13.1 Å². The highest BCUT2D eigenvalue weighted by Crippen LogP contribution is 2.14. The van der Waals surface area contributed by atoms with Crippen molar-refractivity contribution in [1.82, 2.24) is 20.4 Å². The minimum atomic E-state index is -0.273. The molecule has 2 rings (SSSR count). The first kappa shape index (κ1) is 13.3. The van der Waals surface area contributed by atoms with Gasteiger partial charge in [-0.1, -0.05) is 0 Å². The lowest BCUT2D eigenvalue weighted by molar-refractivity contribution is -0.138. The van der Waals surface area contributed by atoms with Gasteiger partial charge in [0.25, 0.3) is 0 Å². The Kier molecular flexibility index (Phi) is 3.87. The summed E-state index contributed by atoms with van der Waals surface area (Å²) in [6.45, 7) is 6.40. The first-order valence-electron chi connectivity index (χ1n) is 6.50. The summed E-state index contributed by atoms with van der Waals surface area (Å²) in [5, 5.41) is 5.71. The predicted octanol–water partition coefficient (Wildman–Crippen LogP) is -1.37. The second kappa shape index (κ2) is 5.24. The van der Waals surface area contributed by atoms with E-state index in [4.69, 9.17) is 0 Å². The van der Waals surface area contributed by atoms with Crippen LogP contribution in [0.4, 0.5) is 0 Å². The molecule has 3 unspecified atom stereocenters. The van der Waals surface area contributed by atoms with Crippen LogP contribution in [0.5, 0.6) is 0 Å². The van der Waals surface area contributed by atoms with Crippen LogP contribution in [-0.2, 0) is 9.59 Å². The highest BCUT2D eigenvalue weighted by atomic mass is 16.2. The van der Waals surface area contributed by atoms with Gasteiger partial charge in [0.05, 0.1) is 6.54 Å². The minimum absolute atomic E-state index is 0.0424. The van der Waals surface area contributed by atoms with E-state index in [1.54, 1.807) is 0 Å². The number of piperazine rings is 2. The van der Waals surface area contributed by atoms with E-state index in [0.29, 0.717) is 18.6 Å². The first-order chi connectivity index (χ1) is 8.49. The molecule has 0 aromatic carbocycles. The van der Waals surface area contributed by atoms with Crippen LogP contribution in [-0.4, -0.2) is 73.0 Å². The molecule has 2 fully saturated rings. The van der Waals surface area contributed by atoms with Gasteiger partial charge < -0.3 is 10.2 Å². The summed E-state index contributed by atoms with van der Waals surface area (Å²) in [7, 11) is 2.09. The van der Waals surface area contributed by atoms with Gasteiger partial charge in [-0.2, -0.15) is 0 Å². The van der Waals surface area contributed by atoms with E-state index < -0.39 is 0 Å². The van der Waals surface area contributed by atoms with Gasteiger partial charge in [-0.25, -0.2) is 0 Å². The summed E-state index contributed by atoms with van der Waals surface area (Å²) in [4.78, 5) is 27.6. The van der Waals surface area contributed by atoms with Crippen molar-refractivity contribution >= 4 is 11.8 Å². The molecule has 2 saturated heterocycles. The van der Waals surface area contributed by atoms with Crippen molar-refractivity contribution in [3.8, 4) is 0 Å². The van der Waals surface area contributed by atoms with Crippen molar-refractivity contribution in [3.05, 3.63) is 0 Å². The lowest BCUT2D eigenvalue weighted by Gasteiger charge is -2.43. The van der Waals surface area contributed by atoms with Crippen LogP contribution in [0.1, 0.15) is 13.8 Å². The van der Waals surface area contributed by atoms with Crippen LogP contribution in [0.15, 0.2) is 0 Å². The van der Waals surface area contributed by atoms with Crippen molar-refractivity contribution in [2.24, 2.45) is 0 Å². The quantitative estimate of drug-likeness (QED) is 0.606. The van der Waals surface area contributed by atoms with E-state index >= 15 is 0 Å². The van der Waals surface area contributed by atoms with Gasteiger partial charge in [-0.3, -0.25) is 19.8 Å². The molecule has 3 atom stereocenters. The van der Waals surface area contributed by atoms with Crippen LogP contribution in [0.2, 0.25) is 0 Å². The SMILES string of the molecule is CC1CN(C(=O)C2CNC(=O)CN2)CC(C)N1C. The number of hydrogen-bond donors (Lipinski definition) is 2. The normalized spacial score (nSPS) is 34.3. The standard InChI is InChI=1S/C12H22N4O2/c1-8-6-16(7-9(2)15(8)3)12(18)10-4-14-11(17)5-13-10/h8-10,13H,4-7H2,1-3H3,(H,14,17). The number of amides is 2. The Balaban J connectivity index is 1.95. The zero-order valence-corrected chi connectivity index (χ0v) is 11.3. The van der Waals surface area contributed by atoms with Crippen molar-refractivity contribution in [3.63, 3.8) is 0 Å². The minimum Gasteiger partial charge on any atom is -0.353 e. The Bertz CT molecular complexity index is 325. The maximum Gasteiger partial charge on any atom is 0.241 e. The molecule has 6 heteroatoms. The maximum absolute atomic E-state index is 12.4. The average molecular weight is 254 g/mol. The highest BCUT2D eigenvalue weighted by Gasteiger charge is 2.33. The summed E-state index contributed by atoms with van der Waals surface area (Å²) < 4.78 is 0. The molecule has 0 spiro atoms. The molecule has 0 bridgehead atoms. The fraction of sp³-hybridized carbons (Fsp3) is 0.833. The van der Waals surface area contributed by atoms with Gasteiger partial charge in [-0.15, -0.1) is 0 Å². The summed E-state index contributed by atoms with van der Waals surface area (Å²) in [6, 6.07) is 0.470. The van der Waals surface area contributed by atoms with Gasteiger partial charge >= 0.3 is 0 Å². The molecule has 0 saturated carbocycles. The predicted molar refractivity (Wildman–Crippen MR) is 68.1 cm³/mol. The Hall–Kier alpha value is -1.14. The van der Waals surface area contributed by atoms with Gasteiger partial charge in [0.2, 0.25) is 11.8 Å². The number of carbonyl (C=O) groups excluding carboxylic acids is 2. The fourth-order valence-electron chi connectivity index (χ4n) is 2.55. The molecule has 18 heavy (non-hydrogen) atoms. The summed E-state index contributed by atoms with van der Waals surface area (Å²) >= 11 is 0. The van der Waals surface area contributed by atoms with Crippen molar-refractivity contribution < 1.29 is 9.59 Å². The topological polar surface area (TPSA) is 64.7 Å². The maximum atomic E-state index is 12.4. The molecule has 0 aromatic rings. The van der Waals surface area contributed by atoms with Crippen LogP contribution >= 0.6 is 0 Å². The monoisotopic (exact) mass is 254 g/mol. The molecule has 6 nitrogen and oxygen atoms in total. The zero-order chi connectivity index (χ0) is 13.3. The van der Waals surface area contributed by atoms with E-state index in [-0.39, 0.29) is 24.4 Å². The fourth-order valence-corrected chi connectivity index (χ4v) is 2.55. The molecular weight excluding hydrogens is 232 g/mol. The Morgan fingerprint density at radius 3 is 2.39 bits per heavy atom. The third-order valence-corrected chi connectivity index (χ3v) is 3.98. The summed E-state index contributed by atoms with van der Waals surface area (Å²) in [5.74, 6) is 0.0564. The molecule has 2 amide bonds. The lowest BCUT2D eigenvalue weighted by Crippen LogP contribution is -2.63. The van der Waals surface area contributed by atoms with Crippen LogP contribution in [0, 0.1) is 0 Å². The van der Waals surface area contributed by atoms with Crippen molar-refractivity contribution in [1.29, 1.82) is 0 Å². The Labute approximate surface area is 108 Å². The first-order valence-corrected chi connectivity index (χ1v) is 6.50. The summed E-state index contributed by atoms with van der Waals surface area (Å²) in [5.41, 5.74) is 0. The molecule has 0 aromatic heterocycles. The molecule has 2 aliphatic rings. The molecule has 0 radical (unpaired) electrons. The second-order valence-corrected chi connectivity index (χ2v) is 5.34. The molecular formula is C12H22N4O2. The Morgan fingerprint density at radius 1 is 1.28 bits per heavy atom. The van der Waals surface area contributed by atoms with Gasteiger partial charge in [0.15, 0.2) is 0 Å². The molecule has 2 aliphatic heterocycles. The van der Waals surface area contributed by atoms with E-state index in [1.807, 2.05) is 4.90 Å². The van der Waals surface area contributed by atoms with Crippen LogP contribution in [0.25, 0.3) is 0 Å². The Morgan fingerprint density at radius 2 is 1.89 bits per heavy atom. The molecule has 0 aliphatic carbocycles. The van der Waals surface area contributed by atoms with Gasteiger partial charge in [0, 0.05) is 31.7 Å². The van der Waals surface area contributed by atoms with Crippen LogP contribution in [0.3, 0.4) is 0 Å². The second-order valence-electron chi connectivity index (χ2n) is 5.34. The largest absolute Gasteiger partial charge is 0.353 e. The zero-order valence-electron chi connectivity index (χ0n) is 11.3. The van der Waals surface area contributed by atoms with E-state index in [2.05, 4.69) is 36.4 Å². The number of nitrogens with one attached hydrogen (secondary N) is 2. The van der Waals surface area contributed by atoms with Gasteiger partial charge in [-0.05, 0) is 20.9 Å². The number of carbonyl (C=O) groups is 2. The smallest absolute Gasteiger partial charge is 0.241 e. The number of likely N-dealkylation sites (N-methyl/N-ethyl adjacent to an activating group) is 1. The van der Waals surface area contributed by atoms with Crippen molar-refractivity contribution in [2.75, 3.05) is 33.2 Å². The third-order valence-electron chi connectivity index (χ3n) is 3.98. The third kappa shape index (κ3) is 2.64. The molecule has 2 N–H and O–H groups in total. The van der Waals surface area contributed by atoms with E-state index in [9.17, 15) is 9.59 Å². The number of rotatable bonds is 1. The molecule has 102 valence electrons. The van der Waals surface area contributed by atoms with Crippen molar-refractivity contribution in [2.45, 2.75) is 32.0 Å². The number of nitrogens with zero attached hydrogens (tertiary/aromatic N) is 2.